The molecule has 0 spiro atoms. The van der Waals surface area contributed by atoms with Crippen molar-refractivity contribution in [3.8, 4) is 0 Å². The van der Waals surface area contributed by atoms with Crippen LogP contribution in [0.5, 0.6) is 0 Å². The lowest BCUT2D eigenvalue weighted by Crippen LogP contribution is -2.15. The Kier molecular flexibility index (Phi) is 5.69. The van der Waals surface area contributed by atoms with E-state index in [9.17, 15) is 0 Å². The van der Waals surface area contributed by atoms with E-state index in [1.165, 1.54) is 11.1 Å². The number of fused-ring (bicyclic) bond motifs is 1. The van der Waals surface area contributed by atoms with Crippen molar-refractivity contribution in [3.05, 3.63) is 75.5 Å². The average molecular weight is 455 g/mol. The summed E-state index contributed by atoms with van der Waals surface area (Å²) in [7, 11) is 0. The topological polar surface area (TPSA) is 43.1 Å². The van der Waals surface area contributed by atoms with Gasteiger partial charge in [0.25, 0.3) is 0 Å². The number of nitrogens with zero attached hydrogens (tertiary/aromatic N) is 4. The zero-order valence-corrected chi connectivity index (χ0v) is 18.7. The van der Waals surface area contributed by atoms with E-state index in [4.69, 9.17) is 5.10 Å². The molecule has 2 aromatic carbocycles. The molecule has 144 valence electrons. The summed E-state index contributed by atoms with van der Waals surface area (Å²) in [5, 5.41) is 14.6. The molecule has 4 nitrogen and oxygen atoms in total. The van der Waals surface area contributed by atoms with Crippen molar-refractivity contribution in [3.63, 3.8) is 0 Å². The molecule has 0 saturated heterocycles. The maximum atomic E-state index is 4.88. The van der Waals surface area contributed by atoms with Crippen LogP contribution >= 0.6 is 27.7 Å². The molecule has 6 heteroatoms. The zero-order chi connectivity index (χ0) is 19.7. The van der Waals surface area contributed by atoms with Gasteiger partial charge in [0, 0.05) is 16.1 Å². The highest BCUT2D eigenvalue weighted by Crippen LogP contribution is 2.30. The van der Waals surface area contributed by atoms with Crippen LogP contribution in [0.1, 0.15) is 49.2 Å². The number of halogens is 1. The maximum Gasteiger partial charge on any atom is 0.212 e. The second-order valence-corrected chi connectivity index (χ2v) is 9.41. The van der Waals surface area contributed by atoms with Crippen LogP contribution in [0.3, 0.4) is 0 Å². The highest BCUT2D eigenvalue weighted by Gasteiger charge is 2.23. The van der Waals surface area contributed by atoms with Crippen LogP contribution in [0.15, 0.2) is 63.3 Å². The third-order valence-electron chi connectivity index (χ3n) is 4.88. The van der Waals surface area contributed by atoms with Crippen LogP contribution in [0.25, 0.3) is 0 Å². The molecule has 4 rings (SSSR count). The molecule has 2 heterocycles. The Morgan fingerprint density at radius 2 is 1.71 bits per heavy atom. The van der Waals surface area contributed by atoms with E-state index >= 15 is 0 Å². The largest absolute Gasteiger partial charge is 0.212 e. The SMILES string of the molecule is CC(C)Cc1ccc(C(C)c2nnc3n2N=C(c2ccc(Br)cc2)CS3)cc1. The predicted molar refractivity (Wildman–Crippen MR) is 119 cm³/mol. The van der Waals surface area contributed by atoms with Gasteiger partial charge in [0.1, 0.15) is 0 Å². The van der Waals surface area contributed by atoms with Gasteiger partial charge in [-0.1, -0.05) is 84.9 Å². The Morgan fingerprint density at radius 3 is 2.39 bits per heavy atom. The van der Waals surface area contributed by atoms with E-state index in [2.05, 4.69) is 83.3 Å². The molecule has 28 heavy (non-hydrogen) atoms. The van der Waals surface area contributed by atoms with Crippen molar-refractivity contribution in [1.29, 1.82) is 0 Å². The van der Waals surface area contributed by atoms with Gasteiger partial charge in [0.15, 0.2) is 5.82 Å². The van der Waals surface area contributed by atoms with Gasteiger partial charge in [0.05, 0.1) is 5.71 Å². The minimum absolute atomic E-state index is 0.128. The summed E-state index contributed by atoms with van der Waals surface area (Å²) < 4.78 is 2.98. The van der Waals surface area contributed by atoms with Gasteiger partial charge in [-0.15, -0.1) is 10.2 Å². The molecule has 1 atom stereocenters. The quantitative estimate of drug-likeness (QED) is 0.492. The van der Waals surface area contributed by atoms with Crippen molar-refractivity contribution >= 4 is 33.4 Å². The van der Waals surface area contributed by atoms with Crippen LogP contribution in [-0.4, -0.2) is 26.3 Å². The van der Waals surface area contributed by atoms with Crippen molar-refractivity contribution in [2.45, 2.75) is 38.3 Å². The molecule has 0 amide bonds. The highest BCUT2D eigenvalue weighted by molar-refractivity contribution is 9.10. The summed E-state index contributed by atoms with van der Waals surface area (Å²) in [6.45, 7) is 6.66. The van der Waals surface area contributed by atoms with Crippen LogP contribution in [0, 0.1) is 5.92 Å². The maximum absolute atomic E-state index is 4.88. The lowest BCUT2D eigenvalue weighted by molar-refractivity contribution is 0.646. The van der Waals surface area contributed by atoms with Crippen molar-refractivity contribution in [1.82, 2.24) is 14.9 Å². The molecule has 0 fully saturated rings. The molecule has 1 aromatic heterocycles. The first kappa shape index (κ1) is 19.4. The minimum Gasteiger partial charge on any atom is -0.191 e. The van der Waals surface area contributed by atoms with Gasteiger partial charge in [-0.2, -0.15) is 9.78 Å². The molecular weight excluding hydrogens is 432 g/mol. The number of hydrogen-bond acceptors (Lipinski definition) is 4. The summed E-state index contributed by atoms with van der Waals surface area (Å²) >= 11 is 5.18. The zero-order valence-electron chi connectivity index (χ0n) is 16.3. The van der Waals surface area contributed by atoms with E-state index in [1.807, 2.05) is 16.8 Å². The van der Waals surface area contributed by atoms with Crippen molar-refractivity contribution in [2.24, 2.45) is 11.0 Å². The molecule has 0 bridgehead atoms. The normalized spacial score (nSPS) is 14.7. The van der Waals surface area contributed by atoms with E-state index in [0.717, 1.165) is 38.9 Å². The fraction of sp³-hybridized carbons (Fsp3) is 0.318. The fourth-order valence-corrected chi connectivity index (χ4v) is 4.47. The number of rotatable bonds is 5. The Balaban J connectivity index is 1.62. The van der Waals surface area contributed by atoms with Gasteiger partial charge in [-0.25, -0.2) is 0 Å². The second-order valence-electron chi connectivity index (χ2n) is 7.56. The molecule has 1 aliphatic rings. The van der Waals surface area contributed by atoms with Crippen molar-refractivity contribution < 1.29 is 0 Å². The highest BCUT2D eigenvalue weighted by atomic mass is 79.9. The number of hydrogen-bond donors (Lipinski definition) is 0. The average Bonchev–Trinajstić information content (AvgIpc) is 3.11. The first-order chi connectivity index (χ1) is 13.5. The molecule has 0 radical (unpaired) electrons. The smallest absolute Gasteiger partial charge is 0.191 e. The van der Waals surface area contributed by atoms with E-state index in [-0.39, 0.29) is 5.92 Å². The van der Waals surface area contributed by atoms with Gasteiger partial charge in [-0.05, 0) is 41.2 Å². The third-order valence-corrected chi connectivity index (χ3v) is 6.34. The Morgan fingerprint density at radius 1 is 1.00 bits per heavy atom. The molecule has 0 N–H and O–H groups in total. The molecule has 0 aliphatic carbocycles. The summed E-state index contributed by atoms with van der Waals surface area (Å²) in [5.41, 5.74) is 4.79. The lowest BCUT2D eigenvalue weighted by atomic mass is 9.96. The Hall–Kier alpha value is -1.92. The standard InChI is InChI=1S/C22H23BrN4S/c1-14(2)12-16-4-6-17(7-5-16)15(3)21-24-25-22-27(21)26-20(13-28-22)18-8-10-19(23)11-9-18/h4-11,14-15H,12-13H2,1-3H3. The van der Waals surface area contributed by atoms with Crippen molar-refractivity contribution in [2.75, 3.05) is 5.75 Å². The van der Waals surface area contributed by atoms with Crippen LogP contribution in [0.4, 0.5) is 0 Å². The molecule has 1 unspecified atom stereocenters. The van der Waals surface area contributed by atoms with E-state index in [1.54, 1.807) is 11.8 Å². The van der Waals surface area contributed by atoms with Crippen LogP contribution in [0.2, 0.25) is 0 Å². The summed E-state index contributed by atoms with van der Waals surface area (Å²) in [5.74, 6) is 2.48. The summed E-state index contributed by atoms with van der Waals surface area (Å²) in [6, 6.07) is 17.2. The van der Waals surface area contributed by atoms with E-state index < -0.39 is 0 Å². The monoisotopic (exact) mass is 454 g/mol. The Bertz CT molecular complexity index is 990. The number of aromatic nitrogens is 3. The molecule has 3 aromatic rings. The second kappa shape index (κ2) is 8.21. The van der Waals surface area contributed by atoms with Crippen LogP contribution in [-0.2, 0) is 6.42 Å². The molecule has 0 saturated carbocycles. The van der Waals surface area contributed by atoms with Gasteiger partial charge >= 0.3 is 0 Å². The fourth-order valence-electron chi connectivity index (χ4n) is 3.36. The van der Waals surface area contributed by atoms with Gasteiger partial charge in [0.2, 0.25) is 5.16 Å². The first-order valence-corrected chi connectivity index (χ1v) is 11.3. The molecule has 1 aliphatic heterocycles. The third kappa shape index (κ3) is 4.08. The number of thioether (sulfide) groups is 1. The molecular formula is C22H23BrN4S. The van der Waals surface area contributed by atoms with Crippen LogP contribution < -0.4 is 0 Å². The summed E-state index contributed by atoms with van der Waals surface area (Å²) in [4.78, 5) is 0. The minimum atomic E-state index is 0.128. The lowest BCUT2D eigenvalue weighted by Gasteiger charge is -2.17. The summed E-state index contributed by atoms with van der Waals surface area (Å²) in [6.07, 6.45) is 1.10. The Labute approximate surface area is 178 Å². The van der Waals surface area contributed by atoms with E-state index in [0.29, 0.717) is 5.92 Å². The number of benzene rings is 2. The first-order valence-electron chi connectivity index (χ1n) is 9.52. The predicted octanol–water partition coefficient (Wildman–Crippen LogP) is 5.75. The van der Waals surface area contributed by atoms with Gasteiger partial charge in [-0.3, -0.25) is 0 Å². The van der Waals surface area contributed by atoms with Gasteiger partial charge < -0.3 is 0 Å².